The summed E-state index contributed by atoms with van der Waals surface area (Å²) in [5.74, 6) is 0.274. The third kappa shape index (κ3) is 4.64. The average molecular weight is 271 g/mol. The lowest BCUT2D eigenvalue weighted by atomic mass is 10.1. The minimum absolute atomic E-state index is 0.240. The van der Waals surface area contributed by atoms with Crippen molar-refractivity contribution in [3.63, 3.8) is 0 Å². The third-order valence-electron chi connectivity index (χ3n) is 2.62. The van der Waals surface area contributed by atoms with Crippen molar-refractivity contribution in [1.82, 2.24) is 9.44 Å². The van der Waals surface area contributed by atoms with E-state index in [1.807, 2.05) is 32.9 Å². The van der Waals surface area contributed by atoms with Crippen LogP contribution in [0.5, 0.6) is 0 Å². The molecule has 5 nitrogen and oxygen atoms in total. The highest BCUT2D eigenvalue weighted by Crippen LogP contribution is 2.15. The molecule has 0 heterocycles. The minimum Gasteiger partial charge on any atom is -0.399 e. The first-order valence-electron chi connectivity index (χ1n) is 5.90. The summed E-state index contributed by atoms with van der Waals surface area (Å²) in [6.07, 6.45) is 0. The average Bonchev–Trinajstić information content (AvgIpc) is 2.29. The molecule has 0 aromatic heterocycles. The summed E-state index contributed by atoms with van der Waals surface area (Å²) in [7, 11) is -3.45. The maximum Gasteiger partial charge on any atom is 0.277 e. The van der Waals surface area contributed by atoms with Gasteiger partial charge in [0.25, 0.3) is 10.2 Å². The first-order valence-corrected chi connectivity index (χ1v) is 7.38. The van der Waals surface area contributed by atoms with Crippen LogP contribution >= 0.6 is 0 Å². The van der Waals surface area contributed by atoms with Gasteiger partial charge in [0, 0.05) is 18.8 Å². The number of rotatable bonds is 6. The molecule has 4 N–H and O–H groups in total. The van der Waals surface area contributed by atoms with E-state index in [0.717, 1.165) is 11.1 Å². The molecule has 1 rings (SSSR count). The van der Waals surface area contributed by atoms with Gasteiger partial charge in [-0.2, -0.15) is 13.1 Å². The molecule has 102 valence electrons. The van der Waals surface area contributed by atoms with Gasteiger partial charge in [0.15, 0.2) is 0 Å². The van der Waals surface area contributed by atoms with Crippen LogP contribution in [0.15, 0.2) is 18.2 Å². The van der Waals surface area contributed by atoms with Gasteiger partial charge >= 0.3 is 0 Å². The van der Waals surface area contributed by atoms with Crippen molar-refractivity contribution in [3.05, 3.63) is 29.3 Å². The largest absolute Gasteiger partial charge is 0.399 e. The van der Waals surface area contributed by atoms with Crippen molar-refractivity contribution >= 4 is 15.9 Å². The van der Waals surface area contributed by atoms with Crippen LogP contribution in [-0.4, -0.2) is 15.0 Å². The van der Waals surface area contributed by atoms with E-state index in [2.05, 4.69) is 9.44 Å². The van der Waals surface area contributed by atoms with Gasteiger partial charge in [-0.3, -0.25) is 0 Å². The molecule has 1 aromatic rings. The molecule has 18 heavy (non-hydrogen) atoms. The van der Waals surface area contributed by atoms with E-state index in [1.165, 1.54) is 0 Å². The second kappa shape index (κ2) is 6.17. The SMILES string of the molecule is Cc1c(N)cccc1CNS(=O)(=O)NCC(C)C. The molecule has 0 aliphatic heterocycles. The summed E-state index contributed by atoms with van der Waals surface area (Å²) >= 11 is 0. The van der Waals surface area contributed by atoms with Gasteiger partial charge in [0.2, 0.25) is 0 Å². The van der Waals surface area contributed by atoms with Crippen molar-refractivity contribution in [1.29, 1.82) is 0 Å². The second-order valence-electron chi connectivity index (χ2n) is 4.70. The van der Waals surface area contributed by atoms with E-state index in [-0.39, 0.29) is 12.5 Å². The number of anilines is 1. The van der Waals surface area contributed by atoms with Crippen molar-refractivity contribution in [2.75, 3.05) is 12.3 Å². The number of benzene rings is 1. The van der Waals surface area contributed by atoms with Gasteiger partial charge in [0.05, 0.1) is 0 Å². The van der Waals surface area contributed by atoms with Crippen molar-refractivity contribution in [2.24, 2.45) is 5.92 Å². The number of hydrogen-bond acceptors (Lipinski definition) is 3. The highest BCUT2D eigenvalue weighted by molar-refractivity contribution is 7.87. The summed E-state index contributed by atoms with van der Waals surface area (Å²) in [6.45, 7) is 6.44. The zero-order valence-electron chi connectivity index (χ0n) is 11.0. The summed E-state index contributed by atoms with van der Waals surface area (Å²) in [5.41, 5.74) is 8.22. The summed E-state index contributed by atoms with van der Waals surface area (Å²) in [6, 6.07) is 5.47. The van der Waals surface area contributed by atoms with E-state index in [4.69, 9.17) is 5.73 Å². The smallest absolute Gasteiger partial charge is 0.277 e. The summed E-state index contributed by atoms with van der Waals surface area (Å²) in [5, 5.41) is 0. The zero-order chi connectivity index (χ0) is 13.8. The number of nitrogens with one attached hydrogen (secondary N) is 2. The molecule has 0 radical (unpaired) electrons. The minimum atomic E-state index is -3.45. The molecular formula is C12H21N3O2S. The molecular weight excluding hydrogens is 250 g/mol. The molecule has 0 saturated carbocycles. The monoisotopic (exact) mass is 271 g/mol. The molecule has 0 aliphatic carbocycles. The maximum atomic E-state index is 11.7. The lowest BCUT2D eigenvalue weighted by Crippen LogP contribution is -2.38. The van der Waals surface area contributed by atoms with Crippen molar-refractivity contribution < 1.29 is 8.42 Å². The topological polar surface area (TPSA) is 84.2 Å². The second-order valence-corrected chi connectivity index (χ2v) is 6.28. The van der Waals surface area contributed by atoms with Gasteiger partial charge in [-0.05, 0) is 30.0 Å². The zero-order valence-corrected chi connectivity index (χ0v) is 11.8. The Hall–Kier alpha value is -1.11. The van der Waals surface area contributed by atoms with E-state index < -0.39 is 10.2 Å². The fourth-order valence-electron chi connectivity index (χ4n) is 1.40. The van der Waals surface area contributed by atoms with Crippen molar-refractivity contribution in [2.45, 2.75) is 27.3 Å². The summed E-state index contributed by atoms with van der Waals surface area (Å²) < 4.78 is 28.3. The van der Waals surface area contributed by atoms with E-state index in [9.17, 15) is 8.42 Å². The Morgan fingerprint density at radius 1 is 1.28 bits per heavy atom. The lowest BCUT2D eigenvalue weighted by molar-refractivity contribution is 0.547. The van der Waals surface area contributed by atoms with Crippen LogP contribution in [0.25, 0.3) is 0 Å². The van der Waals surface area contributed by atoms with Crippen LogP contribution in [-0.2, 0) is 16.8 Å². The maximum absolute atomic E-state index is 11.7. The Balaban J connectivity index is 2.62. The van der Waals surface area contributed by atoms with Crippen LogP contribution in [0.4, 0.5) is 5.69 Å². The fraction of sp³-hybridized carbons (Fsp3) is 0.500. The van der Waals surface area contributed by atoms with Gasteiger partial charge in [0.1, 0.15) is 0 Å². The number of nitrogen functional groups attached to an aromatic ring is 1. The third-order valence-corrected chi connectivity index (χ3v) is 3.69. The molecule has 0 amide bonds. The van der Waals surface area contributed by atoms with E-state index >= 15 is 0 Å². The first kappa shape index (κ1) is 14.9. The predicted octanol–water partition coefficient (Wildman–Crippen LogP) is 1.16. The van der Waals surface area contributed by atoms with E-state index in [1.54, 1.807) is 6.07 Å². The molecule has 0 unspecified atom stereocenters. The molecule has 0 bridgehead atoms. The van der Waals surface area contributed by atoms with Gasteiger partial charge in [-0.1, -0.05) is 26.0 Å². The van der Waals surface area contributed by atoms with Crippen LogP contribution < -0.4 is 15.2 Å². The van der Waals surface area contributed by atoms with E-state index in [0.29, 0.717) is 12.2 Å². The van der Waals surface area contributed by atoms with Gasteiger partial charge in [-0.15, -0.1) is 0 Å². The van der Waals surface area contributed by atoms with Crippen LogP contribution in [0.1, 0.15) is 25.0 Å². The Labute approximate surface area is 109 Å². The molecule has 0 saturated heterocycles. The Morgan fingerprint density at radius 3 is 2.56 bits per heavy atom. The summed E-state index contributed by atoms with van der Waals surface area (Å²) in [4.78, 5) is 0. The fourth-order valence-corrected chi connectivity index (χ4v) is 2.40. The van der Waals surface area contributed by atoms with Crippen LogP contribution in [0.2, 0.25) is 0 Å². The molecule has 0 aliphatic rings. The molecule has 0 fully saturated rings. The van der Waals surface area contributed by atoms with Crippen LogP contribution in [0, 0.1) is 12.8 Å². The molecule has 0 atom stereocenters. The number of hydrogen-bond donors (Lipinski definition) is 3. The lowest BCUT2D eigenvalue weighted by Gasteiger charge is -2.12. The Morgan fingerprint density at radius 2 is 1.94 bits per heavy atom. The quantitative estimate of drug-likeness (QED) is 0.679. The van der Waals surface area contributed by atoms with Gasteiger partial charge < -0.3 is 5.73 Å². The highest BCUT2D eigenvalue weighted by Gasteiger charge is 2.10. The number of nitrogens with two attached hydrogens (primary N) is 1. The first-order chi connectivity index (χ1) is 8.32. The Bertz CT molecular complexity index is 498. The van der Waals surface area contributed by atoms with Gasteiger partial charge in [-0.25, -0.2) is 4.72 Å². The Kier molecular flexibility index (Phi) is 5.13. The standard InChI is InChI=1S/C12H21N3O2S/c1-9(2)7-14-18(16,17)15-8-11-5-4-6-12(13)10(11)3/h4-6,9,14-15H,7-8,13H2,1-3H3. The molecule has 1 aromatic carbocycles. The normalized spacial score (nSPS) is 12.0. The van der Waals surface area contributed by atoms with Crippen LogP contribution in [0.3, 0.4) is 0 Å². The van der Waals surface area contributed by atoms with Crippen molar-refractivity contribution in [3.8, 4) is 0 Å². The predicted molar refractivity (Wildman–Crippen MR) is 74.2 cm³/mol. The molecule has 6 heteroatoms. The molecule has 0 spiro atoms. The highest BCUT2D eigenvalue weighted by atomic mass is 32.2.